The van der Waals surface area contributed by atoms with E-state index in [0.717, 1.165) is 32.2 Å². The van der Waals surface area contributed by atoms with E-state index in [2.05, 4.69) is 20.5 Å². The van der Waals surface area contributed by atoms with Gasteiger partial charge < -0.3 is 10.4 Å². The van der Waals surface area contributed by atoms with Gasteiger partial charge in [-0.1, -0.05) is 11.6 Å². The van der Waals surface area contributed by atoms with E-state index in [1.54, 1.807) is 0 Å². The van der Waals surface area contributed by atoms with Gasteiger partial charge in [-0.25, -0.2) is 0 Å². The Labute approximate surface area is 110 Å². The van der Waals surface area contributed by atoms with E-state index in [1.807, 2.05) is 0 Å². The normalized spacial score (nSPS) is 24.6. The molecule has 7 heteroatoms. The van der Waals surface area contributed by atoms with Crippen molar-refractivity contribution in [2.24, 2.45) is 5.92 Å². The second-order valence-corrected chi connectivity index (χ2v) is 4.97. The Bertz CT molecular complexity index is 383. The molecule has 0 spiro atoms. The molecule has 1 aliphatic rings. The fourth-order valence-electron chi connectivity index (χ4n) is 2.00. The molecule has 1 aromatic heterocycles. The predicted molar refractivity (Wildman–Crippen MR) is 66.3 cm³/mol. The molecule has 17 heavy (non-hydrogen) atoms. The molecule has 1 aromatic rings. The highest BCUT2D eigenvalue weighted by atomic mass is 35.5. The summed E-state index contributed by atoms with van der Waals surface area (Å²) in [4.78, 5) is 3.97. The summed E-state index contributed by atoms with van der Waals surface area (Å²) in [6.07, 6.45) is 3.62. The second-order valence-electron chi connectivity index (χ2n) is 4.28. The Hall–Kier alpha value is -0.650. The molecule has 94 valence electrons. The van der Waals surface area contributed by atoms with E-state index in [-0.39, 0.29) is 16.5 Å². The number of anilines is 1. The zero-order chi connectivity index (χ0) is 12.3. The third kappa shape index (κ3) is 3.66. The average molecular weight is 277 g/mol. The Morgan fingerprint density at radius 2 is 1.88 bits per heavy atom. The summed E-state index contributed by atoms with van der Waals surface area (Å²) in [6.45, 7) is 0.765. The fourth-order valence-corrected chi connectivity index (χ4v) is 2.26. The minimum atomic E-state index is -0.134. The number of halogens is 2. The van der Waals surface area contributed by atoms with Crippen molar-refractivity contribution < 1.29 is 5.11 Å². The molecule has 2 rings (SSSR count). The largest absolute Gasteiger partial charge is 0.393 e. The van der Waals surface area contributed by atoms with Gasteiger partial charge in [-0.3, -0.25) is 0 Å². The summed E-state index contributed by atoms with van der Waals surface area (Å²) >= 11 is 11.5. The van der Waals surface area contributed by atoms with Crippen LogP contribution in [0.5, 0.6) is 0 Å². The zero-order valence-corrected chi connectivity index (χ0v) is 10.7. The number of aliphatic hydroxyl groups excluding tert-OH is 1. The molecule has 5 nitrogen and oxygen atoms in total. The van der Waals surface area contributed by atoms with E-state index in [0.29, 0.717) is 11.7 Å². The number of nitrogens with one attached hydrogen (secondary N) is 1. The Kier molecular flexibility index (Phi) is 4.36. The number of aliphatic hydroxyl groups is 1. The Morgan fingerprint density at radius 1 is 1.18 bits per heavy atom. The lowest BCUT2D eigenvalue weighted by Crippen LogP contribution is -2.24. The highest BCUT2D eigenvalue weighted by Crippen LogP contribution is 2.25. The maximum absolute atomic E-state index is 9.40. The summed E-state index contributed by atoms with van der Waals surface area (Å²) < 4.78 is 0. The first-order chi connectivity index (χ1) is 8.15. The first-order valence-corrected chi connectivity index (χ1v) is 6.38. The van der Waals surface area contributed by atoms with Crippen LogP contribution in [0.25, 0.3) is 0 Å². The van der Waals surface area contributed by atoms with E-state index in [1.165, 1.54) is 0 Å². The third-order valence-electron chi connectivity index (χ3n) is 2.99. The minimum absolute atomic E-state index is 0.0796. The van der Waals surface area contributed by atoms with E-state index >= 15 is 0 Å². The van der Waals surface area contributed by atoms with Crippen molar-refractivity contribution in [3.8, 4) is 0 Å². The van der Waals surface area contributed by atoms with Gasteiger partial charge in [-0.05, 0) is 43.2 Å². The van der Waals surface area contributed by atoms with Gasteiger partial charge in [0, 0.05) is 6.54 Å². The fraction of sp³-hybridized carbons (Fsp3) is 0.700. The Balaban J connectivity index is 1.87. The van der Waals surface area contributed by atoms with Crippen LogP contribution in [0.3, 0.4) is 0 Å². The highest BCUT2D eigenvalue weighted by molar-refractivity contribution is 6.32. The predicted octanol–water partition coefficient (Wildman–Crippen LogP) is 2.14. The molecule has 0 aromatic carbocycles. The third-order valence-corrected chi connectivity index (χ3v) is 3.41. The van der Waals surface area contributed by atoms with Crippen LogP contribution in [-0.4, -0.2) is 32.9 Å². The van der Waals surface area contributed by atoms with Gasteiger partial charge in [0.15, 0.2) is 11.0 Å². The number of aromatic nitrogens is 3. The quantitative estimate of drug-likeness (QED) is 0.885. The summed E-state index contributed by atoms with van der Waals surface area (Å²) in [6, 6.07) is 0. The van der Waals surface area contributed by atoms with Crippen molar-refractivity contribution in [3.05, 3.63) is 10.4 Å². The first-order valence-electron chi connectivity index (χ1n) is 5.63. The van der Waals surface area contributed by atoms with Gasteiger partial charge >= 0.3 is 0 Å². The second kappa shape index (κ2) is 5.80. The maximum Gasteiger partial charge on any atom is 0.245 e. The molecule has 0 saturated heterocycles. The van der Waals surface area contributed by atoms with Crippen LogP contribution < -0.4 is 5.32 Å². The van der Waals surface area contributed by atoms with Crippen LogP contribution in [0.1, 0.15) is 25.7 Å². The molecule has 0 atom stereocenters. The lowest BCUT2D eigenvalue weighted by atomic mass is 9.87. The SMILES string of the molecule is OC1CCC(CNc2nc(Cl)nnc2Cl)CC1. The molecular formula is C10H14Cl2N4O. The number of hydrogen-bond acceptors (Lipinski definition) is 5. The van der Waals surface area contributed by atoms with Crippen molar-refractivity contribution in [1.82, 2.24) is 15.2 Å². The van der Waals surface area contributed by atoms with Gasteiger partial charge in [0.1, 0.15) is 0 Å². The number of rotatable bonds is 3. The van der Waals surface area contributed by atoms with Crippen molar-refractivity contribution in [1.29, 1.82) is 0 Å². The number of hydrogen-bond donors (Lipinski definition) is 2. The van der Waals surface area contributed by atoms with E-state index in [4.69, 9.17) is 23.2 Å². The van der Waals surface area contributed by atoms with Crippen molar-refractivity contribution in [2.45, 2.75) is 31.8 Å². The van der Waals surface area contributed by atoms with Gasteiger partial charge in [-0.15, -0.1) is 10.2 Å². The molecule has 0 aliphatic heterocycles. The average Bonchev–Trinajstić information content (AvgIpc) is 2.32. The molecule has 2 N–H and O–H groups in total. The van der Waals surface area contributed by atoms with Gasteiger partial charge in [-0.2, -0.15) is 4.98 Å². The minimum Gasteiger partial charge on any atom is -0.393 e. The van der Waals surface area contributed by atoms with Gasteiger partial charge in [0.25, 0.3) is 0 Å². The molecular weight excluding hydrogens is 263 g/mol. The Morgan fingerprint density at radius 3 is 2.59 bits per heavy atom. The molecule has 1 heterocycles. The highest BCUT2D eigenvalue weighted by Gasteiger charge is 2.19. The molecule has 0 bridgehead atoms. The summed E-state index contributed by atoms with van der Waals surface area (Å²) in [7, 11) is 0. The first kappa shape index (κ1) is 12.8. The molecule has 0 amide bonds. The summed E-state index contributed by atoms with van der Waals surface area (Å²) in [5, 5.41) is 20.1. The van der Waals surface area contributed by atoms with Crippen molar-refractivity contribution >= 4 is 29.0 Å². The molecule has 0 radical (unpaired) electrons. The topological polar surface area (TPSA) is 70.9 Å². The maximum atomic E-state index is 9.40. The van der Waals surface area contributed by atoms with Crippen LogP contribution >= 0.6 is 23.2 Å². The smallest absolute Gasteiger partial charge is 0.245 e. The van der Waals surface area contributed by atoms with Crippen molar-refractivity contribution in [3.63, 3.8) is 0 Å². The van der Waals surface area contributed by atoms with Crippen LogP contribution in [0.2, 0.25) is 10.4 Å². The zero-order valence-electron chi connectivity index (χ0n) is 9.24. The lowest BCUT2D eigenvalue weighted by Gasteiger charge is -2.25. The molecule has 0 unspecified atom stereocenters. The standard InChI is InChI=1S/C10H14Cl2N4O/c11-8-9(14-10(12)16-15-8)13-5-6-1-3-7(17)4-2-6/h6-7,17H,1-5H2,(H,13,14,16). The number of nitrogens with zero attached hydrogens (tertiary/aromatic N) is 3. The van der Waals surface area contributed by atoms with Crippen molar-refractivity contribution in [2.75, 3.05) is 11.9 Å². The van der Waals surface area contributed by atoms with Gasteiger partial charge in [0.05, 0.1) is 6.10 Å². The summed E-state index contributed by atoms with van der Waals surface area (Å²) in [5.74, 6) is 1.00. The van der Waals surface area contributed by atoms with Gasteiger partial charge in [0.2, 0.25) is 5.28 Å². The van der Waals surface area contributed by atoms with Crippen LogP contribution in [0, 0.1) is 5.92 Å². The molecule has 1 aliphatic carbocycles. The lowest BCUT2D eigenvalue weighted by molar-refractivity contribution is 0.111. The monoisotopic (exact) mass is 276 g/mol. The summed E-state index contributed by atoms with van der Waals surface area (Å²) in [5.41, 5.74) is 0. The van der Waals surface area contributed by atoms with E-state index in [9.17, 15) is 5.11 Å². The van der Waals surface area contributed by atoms with Crippen LogP contribution in [0.4, 0.5) is 5.82 Å². The molecule has 1 saturated carbocycles. The van der Waals surface area contributed by atoms with E-state index < -0.39 is 0 Å². The van der Waals surface area contributed by atoms with Crippen LogP contribution in [-0.2, 0) is 0 Å². The van der Waals surface area contributed by atoms with Crippen LogP contribution in [0.15, 0.2) is 0 Å². The molecule has 1 fully saturated rings.